The van der Waals surface area contributed by atoms with Gasteiger partial charge in [0.25, 0.3) is 0 Å². The van der Waals surface area contributed by atoms with E-state index in [2.05, 4.69) is 5.32 Å². The maximum absolute atomic E-state index is 12.8. The van der Waals surface area contributed by atoms with Crippen LogP contribution in [0.2, 0.25) is 5.02 Å². The van der Waals surface area contributed by atoms with Crippen molar-refractivity contribution in [3.8, 4) is 17.2 Å². The van der Waals surface area contributed by atoms with E-state index in [0.717, 1.165) is 6.26 Å². The summed E-state index contributed by atoms with van der Waals surface area (Å²) in [4.78, 5) is 12.8. The van der Waals surface area contributed by atoms with Crippen molar-refractivity contribution in [3.05, 3.63) is 47.5 Å². The second kappa shape index (κ2) is 9.02. The molecule has 1 fully saturated rings. The normalized spacial score (nSPS) is 17.6. The zero-order valence-electron chi connectivity index (χ0n) is 16.2. The number of piperidine rings is 1. The molecule has 0 radical (unpaired) electrons. The van der Waals surface area contributed by atoms with E-state index in [9.17, 15) is 13.2 Å². The van der Waals surface area contributed by atoms with Gasteiger partial charge in [-0.1, -0.05) is 11.6 Å². The Balaban J connectivity index is 1.75. The highest BCUT2D eigenvalue weighted by atomic mass is 35.5. The Bertz CT molecular complexity index is 979. The van der Waals surface area contributed by atoms with Gasteiger partial charge in [0.1, 0.15) is 11.5 Å². The summed E-state index contributed by atoms with van der Waals surface area (Å²) in [7, 11) is -1.75. The number of amides is 1. The smallest absolute Gasteiger partial charge is 0.228 e. The van der Waals surface area contributed by atoms with Crippen molar-refractivity contribution < 1.29 is 22.7 Å². The van der Waals surface area contributed by atoms with E-state index < -0.39 is 15.9 Å². The van der Waals surface area contributed by atoms with E-state index in [-0.39, 0.29) is 12.5 Å². The first-order valence-electron chi connectivity index (χ1n) is 9.13. The molecule has 1 heterocycles. The van der Waals surface area contributed by atoms with Crippen LogP contribution in [0.4, 0.5) is 5.69 Å². The number of carbonyl (C=O) groups is 1. The lowest BCUT2D eigenvalue weighted by molar-refractivity contribution is -0.120. The number of anilines is 1. The summed E-state index contributed by atoms with van der Waals surface area (Å²) < 4.78 is 36.0. The van der Waals surface area contributed by atoms with Gasteiger partial charge in [0.05, 0.1) is 25.0 Å². The van der Waals surface area contributed by atoms with Crippen LogP contribution < -0.4 is 14.8 Å². The van der Waals surface area contributed by atoms with Gasteiger partial charge < -0.3 is 14.8 Å². The lowest BCUT2D eigenvalue weighted by Gasteiger charge is -2.30. The molecule has 156 valence electrons. The number of carbonyl (C=O) groups excluding carboxylic acids is 1. The van der Waals surface area contributed by atoms with Crippen molar-refractivity contribution in [2.24, 2.45) is 5.92 Å². The SMILES string of the molecule is COc1ccc(Oc2ccc(Cl)cc2NC(=O)C2CCCN(S(C)(=O)=O)C2)cc1. The zero-order chi connectivity index (χ0) is 21.0. The molecule has 29 heavy (non-hydrogen) atoms. The monoisotopic (exact) mass is 438 g/mol. The Morgan fingerprint density at radius 2 is 1.86 bits per heavy atom. The highest BCUT2D eigenvalue weighted by Crippen LogP contribution is 2.33. The maximum atomic E-state index is 12.8. The molecule has 1 atom stereocenters. The minimum atomic E-state index is -3.33. The largest absolute Gasteiger partial charge is 0.497 e. The van der Waals surface area contributed by atoms with Crippen molar-refractivity contribution in [3.63, 3.8) is 0 Å². The first-order chi connectivity index (χ1) is 13.8. The number of hydrogen-bond donors (Lipinski definition) is 1. The summed E-state index contributed by atoms with van der Waals surface area (Å²) in [6.07, 6.45) is 2.41. The van der Waals surface area contributed by atoms with Crippen LogP contribution in [0.5, 0.6) is 17.2 Å². The molecule has 7 nitrogen and oxygen atoms in total. The molecule has 1 aliphatic heterocycles. The van der Waals surface area contributed by atoms with Crippen molar-refractivity contribution in [2.45, 2.75) is 12.8 Å². The van der Waals surface area contributed by atoms with Crippen molar-refractivity contribution in [2.75, 3.05) is 31.8 Å². The number of methoxy groups -OCH3 is 1. The quantitative estimate of drug-likeness (QED) is 0.742. The molecule has 1 aliphatic rings. The summed E-state index contributed by atoms with van der Waals surface area (Å²) in [6.45, 7) is 0.603. The molecular formula is C20H23ClN2O5S. The second-order valence-electron chi connectivity index (χ2n) is 6.87. The van der Waals surface area contributed by atoms with E-state index in [1.165, 1.54) is 4.31 Å². The number of sulfonamides is 1. The van der Waals surface area contributed by atoms with Gasteiger partial charge in [0.2, 0.25) is 15.9 Å². The molecule has 3 rings (SSSR count). The van der Waals surface area contributed by atoms with E-state index in [1.54, 1.807) is 49.6 Å². The minimum Gasteiger partial charge on any atom is -0.497 e. The first kappa shape index (κ1) is 21.4. The van der Waals surface area contributed by atoms with Crippen LogP contribution in [-0.4, -0.2) is 45.1 Å². The van der Waals surface area contributed by atoms with E-state index in [1.807, 2.05) is 0 Å². The van der Waals surface area contributed by atoms with Gasteiger partial charge in [-0.3, -0.25) is 4.79 Å². The number of benzene rings is 2. The number of rotatable bonds is 6. The van der Waals surface area contributed by atoms with Gasteiger partial charge in [0, 0.05) is 18.1 Å². The molecule has 0 saturated carbocycles. The number of ether oxygens (including phenoxy) is 2. The molecule has 0 spiro atoms. The summed E-state index contributed by atoms with van der Waals surface area (Å²) in [6, 6.07) is 12.0. The van der Waals surface area contributed by atoms with Gasteiger partial charge in [-0.05, 0) is 55.3 Å². The van der Waals surface area contributed by atoms with Crippen LogP contribution in [0.1, 0.15) is 12.8 Å². The van der Waals surface area contributed by atoms with E-state index in [0.29, 0.717) is 47.3 Å². The topological polar surface area (TPSA) is 84.9 Å². The molecule has 0 bridgehead atoms. The van der Waals surface area contributed by atoms with Crippen molar-refractivity contribution >= 4 is 33.2 Å². The van der Waals surface area contributed by atoms with Gasteiger partial charge >= 0.3 is 0 Å². The number of nitrogens with one attached hydrogen (secondary N) is 1. The fraction of sp³-hybridized carbons (Fsp3) is 0.350. The van der Waals surface area contributed by atoms with Crippen LogP contribution in [0.25, 0.3) is 0 Å². The van der Waals surface area contributed by atoms with Gasteiger partial charge in [-0.25, -0.2) is 12.7 Å². The molecule has 2 aromatic rings. The van der Waals surface area contributed by atoms with E-state index >= 15 is 0 Å². The highest BCUT2D eigenvalue weighted by Gasteiger charge is 2.30. The average Bonchev–Trinajstić information content (AvgIpc) is 2.70. The number of nitrogens with zero attached hydrogens (tertiary/aromatic N) is 1. The minimum absolute atomic E-state index is 0.167. The number of hydrogen-bond acceptors (Lipinski definition) is 5. The molecular weight excluding hydrogens is 416 g/mol. The summed E-state index contributed by atoms with van der Waals surface area (Å²) in [5.74, 6) is 1.01. The third kappa shape index (κ3) is 5.62. The average molecular weight is 439 g/mol. The summed E-state index contributed by atoms with van der Waals surface area (Å²) in [5.41, 5.74) is 0.426. The highest BCUT2D eigenvalue weighted by molar-refractivity contribution is 7.88. The zero-order valence-corrected chi connectivity index (χ0v) is 17.8. The van der Waals surface area contributed by atoms with Crippen LogP contribution in [0, 0.1) is 5.92 Å². The summed E-state index contributed by atoms with van der Waals surface area (Å²) in [5, 5.41) is 3.29. The Morgan fingerprint density at radius 1 is 1.17 bits per heavy atom. The van der Waals surface area contributed by atoms with Crippen LogP contribution >= 0.6 is 11.6 Å². The molecule has 2 aromatic carbocycles. The Morgan fingerprint density at radius 3 is 2.52 bits per heavy atom. The van der Waals surface area contributed by atoms with Crippen LogP contribution in [0.3, 0.4) is 0 Å². The Kier molecular flexibility index (Phi) is 6.66. The van der Waals surface area contributed by atoms with Gasteiger partial charge in [0.15, 0.2) is 5.75 Å². The maximum Gasteiger partial charge on any atom is 0.228 e. The Labute approximate surface area is 175 Å². The van der Waals surface area contributed by atoms with E-state index in [4.69, 9.17) is 21.1 Å². The molecule has 9 heteroatoms. The predicted octanol–water partition coefficient (Wildman–Crippen LogP) is 3.75. The van der Waals surface area contributed by atoms with Gasteiger partial charge in [-0.2, -0.15) is 0 Å². The summed E-state index contributed by atoms with van der Waals surface area (Å²) >= 11 is 6.10. The third-order valence-electron chi connectivity index (χ3n) is 4.71. The first-order valence-corrected chi connectivity index (χ1v) is 11.4. The van der Waals surface area contributed by atoms with Crippen molar-refractivity contribution in [1.82, 2.24) is 4.31 Å². The van der Waals surface area contributed by atoms with Crippen molar-refractivity contribution in [1.29, 1.82) is 0 Å². The molecule has 1 amide bonds. The Hall–Kier alpha value is -2.29. The second-order valence-corrected chi connectivity index (χ2v) is 9.29. The van der Waals surface area contributed by atoms with Crippen LogP contribution in [-0.2, 0) is 14.8 Å². The lowest BCUT2D eigenvalue weighted by Crippen LogP contribution is -2.43. The molecule has 0 aliphatic carbocycles. The number of halogens is 1. The molecule has 1 N–H and O–H groups in total. The molecule has 1 saturated heterocycles. The standard InChI is InChI=1S/C20H23ClN2O5S/c1-27-16-6-8-17(9-7-16)28-19-10-5-15(21)12-18(19)22-20(24)14-4-3-11-23(13-14)29(2,25)26/h5-10,12,14H,3-4,11,13H2,1-2H3,(H,22,24). The fourth-order valence-corrected chi connectivity index (χ4v) is 4.24. The molecule has 1 unspecified atom stereocenters. The van der Waals surface area contributed by atoms with Gasteiger partial charge in [-0.15, -0.1) is 0 Å². The third-order valence-corrected chi connectivity index (χ3v) is 6.22. The molecule has 0 aromatic heterocycles. The fourth-order valence-electron chi connectivity index (χ4n) is 3.15. The lowest BCUT2D eigenvalue weighted by atomic mass is 9.98. The van der Waals surface area contributed by atoms with Crippen LogP contribution in [0.15, 0.2) is 42.5 Å². The predicted molar refractivity (Wildman–Crippen MR) is 112 cm³/mol.